The first kappa shape index (κ1) is 11.9. The molecule has 0 saturated carbocycles. The predicted octanol–water partition coefficient (Wildman–Crippen LogP) is 3.48. The summed E-state index contributed by atoms with van der Waals surface area (Å²) in [5.74, 6) is -0.00580. The van der Waals surface area contributed by atoms with E-state index in [4.69, 9.17) is 0 Å². The molecule has 3 nitrogen and oxygen atoms in total. The van der Waals surface area contributed by atoms with Gasteiger partial charge >= 0.3 is 0 Å². The number of hydrogen-bond acceptors (Lipinski definition) is 3. The van der Waals surface area contributed by atoms with Crippen molar-refractivity contribution in [1.82, 2.24) is 4.37 Å². The highest BCUT2D eigenvalue weighted by Gasteiger charge is 2.05. The van der Waals surface area contributed by atoms with Crippen molar-refractivity contribution in [3.63, 3.8) is 0 Å². The molecule has 3 rings (SSSR count). The molecule has 1 N–H and O–H groups in total. The highest BCUT2D eigenvalue weighted by molar-refractivity contribution is 7.13. The summed E-state index contributed by atoms with van der Waals surface area (Å²) in [4.78, 5) is 11.9. The molecule has 0 bridgehead atoms. The summed E-state index contributed by atoms with van der Waals surface area (Å²) in [5.41, 5.74) is 1.83. The van der Waals surface area contributed by atoms with E-state index < -0.39 is 0 Å². The molecule has 0 spiro atoms. The molecule has 1 heterocycles. The average molecular weight is 268 g/mol. The van der Waals surface area contributed by atoms with Crippen LogP contribution >= 0.6 is 11.5 Å². The molecule has 4 heteroatoms. The first-order valence-corrected chi connectivity index (χ1v) is 6.77. The minimum atomic E-state index is -0.00580. The summed E-state index contributed by atoms with van der Waals surface area (Å²) in [7, 11) is 0. The molecule has 2 aromatic carbocycles. The van der Waals surface area contributed by atoms with Gasteiger partial charge in [-0.15, -0.1) is 0 Å². The SMILES string of the molecule is O=C(Cc1ccccc1)Nc1ccc2sncc2c1. The number of fused-ring (bicyclic) bond motifs is 1. The number of nitrogens with one attached hydrogen (secondary N) is 1. The van der Waals surface area contributed by atoms with E-state index in [1.807, 2.05) is 54.7 Å². The fourth-order valence-electron chi connectivity index (χ4n) is 1.94. The first-order valence-electron chi connectivity index (χ1n) is 5.99. The van der Waals surface area contributed by atoms with Gasteiger partial charge in [0, 0.05) is 17.3 Å². The third kappa shape index (κ3) is 2.80. The van der Waals surface area contributed by atoms with E-state index in [1.165, 1.54) is 11.5 Å². The van der Waals surface area contributed by atoms with E-state index in [9.17, 15) is 4.79 Å². The Balaban J connectivity index is 1.72. The summed E-state index contributed by atoms with van der Waals surface area (Å²) in [6.45, 7) is 0. The second kappa shape index (κ2) is 5.20. The smallest absolute Gasteiger partial charge is 0.228 e. The number of anilines is 1. The van der Waals surface area contributed by atoms with Crippen LogP contribution in [0.3, 0.4) is 0 Å². The first-order chi connectivity index (χ1) is 9.31. The summed E-state index contributed by atoms with van der Waals surface area (Å²) in [6, 6.07) is 15.5. The maximum atomic E-state index is 11.9. The molecule has 0 aliphatic carbocycles. The lowest BCUT2D eigenvalue weighted by atomic mass is 10.1. The van der Waals surface area contributed by atoms with Gasteiger partial charge in [-0.05, 0) is 35.3 Å². The van der Waals surface area contributed by atoms with Gasteiger partial charge in [0.1, 0.15) is 0 Å². The molecule has 0 unspecified atom stereocenters. The lowest BCUT2D eigenvalue weighted by Crippen LogP contribution is -2.14. The van der Waals surface area contributed by atoms with Crippen molar-refractivity contribution >= 4 is 33.2 Å². The van der Waals surface area contributed by atoms with Crippen LogP contribution in [0.1, 0.15) is 5.56 Å². The van der Waals surface area contributed by atoms with Crippen LogP contribution in [-0.2, 0) is 11.2 Å². The average Bonchev–Trinajstić information content (AvgIpc) is 2.87. The summed E-state index contributed by atoms with van der Waals surface area (Å²) >= 11 is 1.45. The minimum Gasteiger partial charge on any atom is -0.326 e. The van der Waals surface area contributed by atoms with Crippen molar-refractivity contribution in [2.45, 2.75) is 6.42 Å². The zero-order chi connectivity index (χ0) is 13.1. The van der Waals surface area contributed by atoms with Gasteiger partial charge in [-0.3, -0.25) is 4.79 Å². The lowest BCUT2D eigenvalue weighted by Gasteiger charge is -2.05. The highest BCUT2D eigenvalue weighted by Crippen LogP contribution is 2.21. The molecule has 0 aliphatic heterocycles. The lowest BCUT2D eigenvalue weighted by molar-refractivity contribution is -0.115. The minimum absolute atomic E-state index is 0.00580. The van der Waals surface area contributed by atoms with E-state index in [2.05, 4.69) is 9.69 Å². The molecular formula is C15H12N2OS. The largest absolute Gasteiger partial charge is 0.326 e. The molecule has 0 aliphatic rings. The Morgan fingerprint density at radius 3 is 2.84 bits per heavy atom. The molecule has 0 radical (unpaired) electrons. The van der Waals surface area contributed by atoms with Crippen LogP contribution in [0.4, 0.5) is 5.69 Å². The van der Waals surface area contributed by atoms with E-state index in [-0.39, 0.29) is 5.91 Å². The summed E-state index contributed by atoms with van der Waals surface area (Å²) < 4.78 is 5.24. The molecule has 3 aromatic rings. The van der Waals surface area contributed by atoms with Crippen LogP contribution in [0.2, 0.25) is 0 Å². The van der Waals surface area contributed by atoms with Crippen LogP contribution in [0.15, 0.2) is 54.7 Å². The van der Waals surface area contributed by atoms with Gasteiger partial charge in [-0.25, -0.2) is 0 Å². The number of hydrogen-bond donors (Lipinski definition) is 1. The summed E-state index contributed by atoms with van der Waals surface area (Å²) in [6.07, 6.45) is 2.20. The fourth-order valence-corrected chi connectivity index (χ4v) is 2.56. The number of carbonyl (C=O) groups is 1. The van der Waals surface area contributed by atoms with Gasteiger partial charge in [-0.1, -0.05) is 30.3 Å². The number of amides is 1. The maximum absolute atomic E-state index is 11.9. The second-order valence-corrected chi connectivity index (χ2v) is 5.12. The predicted molar refractivity (Wildman–Crippen MR) is 78.4 cm³/mol. The zero-order valence-electron chi connectivity index (χ0n) is 10.2. The van der Waals surface area contributed by atoms with Crippen LogP contribution in [-0.4, -0.2) is 10.3 Å². The molecule has 1 amide bonds. The van der Waals surface area contributed by atoms with Crippen molar-refractivity contribution in [3.8, 4) is 0 Å². The summed E-state index contributed by atoms with van der Waals surface area (Å²) in [5, 5.41) is 3.97. The number of aromatic nitrogens is 1. The number of nitrogens with zero attached hydrogens (tertiary/aromatic N) is 1. The third-order valence-electron chi connectivity index (χ3n) is 2.84. The van der Waals surface area contributed by atoms with Crippen molar-refractivity contribution in [2.24, 2.45) is 0 Å². The Morgan fingerprint density at radius 1 is 1.16 bits per heavy atom. The van der Waals surface area contributed by atoms with Crippen LogP contribution in [0.25, 0.3) is 10.1 Å². The molecule has 0 saturated heterocycles. The van der Waals surface area contributed by atoms with Gasteiger partial charge in [0.25, 0.3) is 0 Å². The quantitative estimate of drug-likeness (QED) is 0.790. The van der Waals surface area contributed by atoms with Crippen LogP contribution < -0.4 is 5.32 Å². The Labute approximate surface area is 115 Å². The normalized spacial score (nSPS) is 10.5. The standard InChI is InChI=1S/C15H12N2OS/c18-15(8-11-4-2-1-3-5-11)17-13-6-7-14-12(9-13)10-16-19-14/h1-7,9-10H,8H2,(H,17,18). The molecule has 0 atom stereocenters. The fraction of sp³-hybridized carbons (Fsp3) is 0.0667. The van der Waals surface area contributed by atoms with Crippen molar-refractivity contribution in [3.05, 3.63) is 60.3 Å². The van der Waals surface area contributed by atoms with Gasteiger partial charge in [0.05, 0.1) is 11.1 Å². The Bertz CT molecular complexity index is 706. The molecule has 94 valence electrons. The molecule has 1 aromatic heterocycles. The maximum Gasteiger partial charge on any atom is 0.228 e. The second-order valence-electron chi connectivity index (χ2n) is 4.29. The topological polar surface area (TPSA) is 42.0 Å². The molecule has 19 heavy (non-hydrogen) atoms. The van der Waals surface area contributed by atoms with Gasteiger partial charge in [-0.2, -0.15) is 4.37 Å². The van der Waals surface area contributed by atoms with E-state index in [0.29, 0.717) is 6.42 Å². The highest BCUT2D eigenvalue weighted by atomic mass is 32.1. The van der Waals surface area contributed by atoms with Crippen LogP contribution in [0, 0.1) is 0 Å². The zero-order valence-corrected chi connectivity index (χ0v) is 11.0. The number of carbonyl (C=O) groups excluding carboxylic acids is 1. The van der Waals surface area contributed by atoms with Gasteiger partial charge in [0.15, 0.2) is 0 Å². The van der Waals surface area contributed by atoms with E-state index in [1.54, 1.807) is 0 Å². The Kier molecular flexibility index (Phi) is 3.25. The van der Waals surface area contributed by atoms with Crippen molar-refractivity contribution < 1.29 is 4.79 Å². The number of benzene rings is 2. The Morgan fingerprint density at radius 2 is 2.00 bits per heavy atom. The van der Waals surface area contributed by atoms with E-state index >= 15 is 0 Å². The van der Waals surface area contributed by atoms with E-state index in [0.717, 1.165) is 21.3 Å². The molecular weight excluding hydrogens is 256 g/mol. The monoisotopic (exact) mass is 268 g/mol. The van der Waals surface area contributed by atoms with Crippen LogP contribution in [0.5, 0.6) is 0 Å². The third-order valence-corrected chi connectivity index (χ3v) is 3.62. The molecule has 0 fully saturated rings. The van der Waals surface area contributed by atoms with Gasteiger partial charge in [0.2, 0.25) is 5.91 Å². The number of rotatable bonds is 3. The van der Waals surface area contributed by atoms with Gasteiger partial charge < -0.3 is 5.32 Å². The van der Waals surface area contributed by atoms with Crippen molar-refractivity contribution in [2.75, 3.05) is 5.32 Å². The van der Waals surface area contributed by atoms with Crippen molar-refractivity contribution in [1.29, 1.82) is 0 Å². The Hall–Kier alpha value is -2.20.